The summed E-state index contributed by atoms with van der Waals surface area (Å²) < 4.78 is 0. The molecule has 0 amide bonds. The highest BCUT2D eigenvalue weighted by atomic mass is 35.5. The molecule has 0 aromatic heterocycles. The van der Waals surface area contributed by atoms with Gasteiger partial charge in [0.1, 0.15) is 0 Å². The Balaban J connectivity index is 1.87. The molecule has 114 valence electrons. The van der Waals surface area contributed by atoms with Gasteiger partial charge in [-0.2, -0.15) is 11.8 Å². The Morgan fingerprint density at radius 3 is 2.95 bits per heavy atom. The van der Waals surface area contributed by atoms with E-state index < -0.39 is 0 Å². The third-order valence-corrected chi connectivity index (χ3v) is 6.61. The van der Waals surface area contributed by atoms with E-state index in [4.69, 9.17) is 16.6 Å². The summed E-state index contributed by atoms with van der Waals surface area (Å²) in [6.07, 6.45) is 3.62. The van der Waals surface area contributed by atoms with Crippen LogP contribution in [0.15, 0.2) is 34.5 Å². The lowest BCUT2D eigenvalue weighted by atomic mass is 9.77. The monoisotopic (exact) mass is 331 g/mol. The fourth-order valence-electron chi connectivity index (χ4n) is 3.78. The van der Waals surface area contributed by atoms with Crippen LogP contribution in [0.5, 0.6) is 0 Å². The highest BCUT2D eigenvalue weighted by Crippen LogP contribution is 2.47. The van der Waals surface area contributed by atoms with E-state index in [1.165, 1.54) is 11.3 Å². The Kier molecular flexibility index (Phi) is 3.66. The maximum absolute atomic E-state index is 12.6. The maximum atomic E-state index is 12.6. The molecule has 0 radical (unpaired) electrons. The Morgan fingerprint density at radius 2 is 2.14 bits per heavy atom. The van der Waals surface area contributed by atoms with Gasteiger partial charge in [-0.25, -0.2) is 0 Å². The molecule has 0 N–H and O–H groups in total. The average Bonchev–Trinajstić information content (AvgIpc) is 2.96. The van der Waals surface area contributed by atoms with Gasteiger partial charge in [0.25, 0.3) is 0 Å². The molecule has 2 heterocycles. The van der Waals surface area contributed by atoms with Crippen molar-refractivity contribution in [2.45, 2.75) is 43.8 Å². The Labute approximate surface area is 140 Å². The molecule has 0 saturated carbocycles. The second-order valence-corrected chi connectivity index (χ2v) is 7.92. The summed E-state index contributed by atoms with van der Waals surface area (Å²) in [6.45, 7) is 2.03. The van der Waals surface area contributed by atoms with Crippen LogP contribution in [-0.2, 0) is 4.79 Å². The van der Waals surface area contributed by atoms with Crippen LogP contribution in [0.1, 0.15) is 42.7 Å². The van der Waals surface area contributed by atoms with Crippen molar-refractivity contribution in [2.75, 3.05) is 5.75 Å². The maximum Gasteiger partial charge on any atom is 0.161 e. The Bertz CT molecular complexity index is 722. The van der Waals surface area contributed by atoms with Crippen molar-refractivity contribution in [1.29, 1.82) is 0 Å². The predicted octanol–water partition coefficient (Wildman–Crippen LogP) is 4.70. The molecule has 4 rings (SSSR count). The summed E-state index contributed by atoms with van der Waals surface area (Å²) in [6, 6.07) is 6.21. The quantitative estimate of drug-likeness (QED) is 0.746. The lowest BCUT2D eigenvalue weighted by molar-refractivity contribution is -0.116. The van der Waals surface area contributed by atoms with Gasteiger partial charge in [0.05, 0.1) is 5.25 Å². The molecule has 2 unspecified atom stereocenters. The number of thioether (sulfide) groups is 1. The van der Waals surface area contributed by atoms with Crippen LogP contribution in [0.25, 0.3) is 0 Å². The predicted molar refractivity (Wildman–Crippen MR) is 93.1 cm³/mol. The molecule has 2 atom stereocenters. The van der Waals surface area contributed by atoms with E-state index >= 15 is 0 Å². The number of aryl methyl sites for hydroxylation is 1. The molecular weight excluding hydrogens is 314 g/mol. The number of carbonyl (C=O) groups is 1. The van der Waals surface area contributed by atoms with E-state index in [0.29, 0.717) is 17.5 Å². The van der Waals surface area contributed by atoms with Crippen molar-refractivity contribution in [3.05, 3.63) is 45.6 Å². The van der Waals surface area contributed by atoms with Crippen LogP contribution >= 0.6 is 23.4 Å². The molecule has 1 aliphatic carbocycles. The Hall–Kier alpha value is -1.06. The summed E-state index contributed by atoms with van der Waals surface area (Å²) in [4.78, 5) is 17.5. The number of benzene rings is 1. The van der Waals surface area contributed by atoms with Gasteiger partial charge in [0.2, 0.25) is 0 Å². The standard InChI is InChI=1S/C18H18ClNOS/c1-10-9-11(5-6-12(10)19)16-17-13(3-2-4-15(17)21)20-14-7-8-22-18(14)16/h5-6,9,16,18H,2-4,7-8H2,1H3. The van der Waals surface area contributed by atoms with Crippen molar-refractivity contribution in [3.63, 3.8) is 0 Å². The number of fused-ring (bicyclic) bond motifs is 1. The summed E-state index contributed by atoms with van der Waals surface area (Å²) in [7, 11) is 0. The molecule has 1 fully saturated rings. The lowest BCUT2D eigenvalue weighted by Crippen LogP contribution is -2.32. The van der Waals surface area contributed by atoms with E-state index in [1.54, 1.807) is 0 Å². The number of Topliss-reactive ketones (excluding diaryl/α,β-unsaturated/α-hetero) is 1. The number of hydrogen-bond acceptors (Lipinski definition) is 3. The third kappa shape index (κ3) is 2.26. The molecule has 0 spiro atoms. The fraction of sp³-hybridized carbons (Fsp3) is 0.444. The fourth-order valence-corrected chi connectivity index (χ4v) is 5.33. The minimum absolute atomic E-state index is 0.166. The highest BCUT2D eigenvalue weighted by molar-refractivity contribution is 8.01. The van der Waals surface area contributed by atoms with E-state index in [1.807, 2.05) is 24.8 Å². The van der Waals surface area contributed by atoms with Gasteiger partial charge in [-0.1, -0.05) is 23.7 Å². The molecule has 2 aliphatic heterocycles. The number of ketones is 1. The van der Waals surface area contributed by atoms with Crippen molar-refractivity contribution < 1.29 is 4.79 Å². The zero-order valence-corrected chi connectivity index (χ0v) is 14.1. The number of rotatable bonds is 1. The normalized spacial score (nSPS) is 27.5. The molecule has 4 heteroatoms. The van der Waals surface area contributed by atoms with Gasteiger partial charge in [-0.3, -0.25) is 9.79 Å². The SMILES string of the molecule is Cc1cc(C2C3=C(CCCC3=O)N=C3CCSC32)ccc1Cl. The molecule has 0 bridgehead atoms. The summed E-state index contributed by atoms with van der Waals surface area (Å²) in [5, 5.41) is 1.12. The largest absolute Gasteiger partial charge is 0.294 e. The number of allylic oxidation sites excluding steroid dienone is 2. The first-order chi connectivity index (χ1) is 10.6. The van der Waals surface area contributed by atoms with Gasteiger partial charge >= 0.3 is 0 Å². The van der Waals surface area contributed by atoms with Crippen LogP contribution < -0.4 is 0 Å². The lowest BCUT2D eigenvalue weighted by Gasteiger charge is -2.33. The smallest absolute Gasteiger partial charge is 0.161 e. The van der Waals surface area contributed by atoms with E-state index in [-0.39, 0.29) is 5.92 Å². The average molecular weight is 332 g/mol. The summed E-state index contributed by atoms with van der Waals surface area (Å²) in [5.41, 5.74) is 5.63. The van der Waals surface area contributed by atoms with E-state index in [2.05, 4.69) is 12.1 Å². The van der Waals surface area contributed by atoms with Crippen LogP contribution in [-0.4, -0.2) is 22.5 Å². The number of carbonyl (C=O) groups excluding carboxylic acids is 1. The highest BCUT2D eigenvalue weighted by Gasteiger charge is 2.42. The minimum Gasteiger partial charge on any atom is -0.294 e. The molecule has 3 aliphatic rings. The van der Waals surface area contributed by atoms with Crippen molar-refractivity contribution in [3.8, 4) is 0 Å². The zero-order valence-electron chi connectivity index (χ0n) is 12.6. The summed E-state index contributed by atoms with van der Waals surface area (Å²) >= 11 is 8.14. The second kappa shape index (κ2) is 5.54. The van der Waals surface area contributed by atoms with Crippen LogP contribution in [0, 0.1) is 6.92 Å². The Morgan fingerprint density at radius 1 is 1.27 bits per heavy atom. The number of aliphatic imine (C=N–C) groups is 1. The first-order valence-corrected chi connectivity index (χ1v) is 9.29. The van der Waals surface area contributed by atoms with Gasteiger partial charge in [-0.15, -0.1) is 0 Å². The first-order valence-electron chi connectivity index (χ1n) is 7.86. The molecule has 22 heavy (non-hydrogen) atoms. The molecule has 1 saturated heterocycles. The van der Waals surface area contributed by atoms with E-state index in [9.17, 15) is 4.79 Å². The third-order valence-electron chi connectivity index (χ3n) is 4.85. The van der Waals surface area contributed by atoms with E-state index in [0.717, 1.165) is 46.9 Å². The summed E-state index contributed by atoms with van der Waals surface area (Å²) in [5.74, 6) is 1.58. The van der Waals surface area contributed by atoms with Gasteiger partial charge < -0.3 is 0 Å². The van der Waals surface area contributed by atoms with Crippen LogP contribution in [0.4, 0.5) is 0 Å². The van der Waals surface area contributed by atoms with Crippen LogP contribution in [0.3, 0.4) is 0 Å². The molecule has 1 aromatic carbocycles. The molecular formula is C18H18ClNOS. The van der Waals surface area contributed by atoms with Crippen molar-refractivity contribution in [1.82, 2.24) is 0 Å². The number of hydrogen-bond donors (Lipinski definition) is 0. The first kappa shape index (κ1) is 14.5. The second-order valence-electron chi connectivity index (χ2n) is 6.27. The van der Waals surface area contributed by atoms with Crippen LogP contribution in [0.2, 0.25) is 5.02 Å². The molecule has 1 aromatic rings. The van der Waals surface area contributed by atoms with Crippen molar-refractivity contribution >= 4 is 34.9 Å². The molecule has 2 nitrogen and oxygen atoms in total. The van der Waals surface area contributed by atoms with Gasteiger partial charge in [-0.05, 0) is 49.1 Å². The number of halogens is 1. The number of nitrogens with zero attached hydrogens (tertiary/aromatic N) is 1. The van der Waals surface area contributed by atoms with Crippen molar-refractivity contribution in [2.24, 2.45) is 4.99 Å². The van der Waals surface area contributed by atoms with Gasteiger partial charge in [0, 0.05) is 34.3 Å². The van der Waals surface area contributed by atoms with Gasteiger partial charge in [0.15, 0.2) is 5.78 Å². The zero-order chi connectivity index (χ0) is 15.3. The topological polar surface area (TPSA) is 29.4 Å². The minimum atomic E-state index is 0.166.